The molecular weight excluding hydrogens is 487 g/mol. The fraction of sp³-hybridized carbons (Fsp3) is 0.440. The van der Waals surface area contributed by atoms with E-state index in [-0.39, 0.29) is 5.41 Å². The molecule has 1 spiro atoms. The van der Waals surface area contributed by atoms with Gasteiger partial charge in [-0.25, -0.2) is 9.97 Å². The maximum atomic E-state index is 12.9. The standard InChI is InChI=1S/C25H26F3N7S/c1-34-22(20-8-7-19-21(31-20)30-15-29-19)32-33-23(34)36-12-2-10-35-11-9-24(14-35)13-18(24)16-3-5-17(6-4-16)25(26,27)28/h3-8,15,18H,2,9-14H2,1H3,(H,29,30,31)/t18-,24?/m1/s1. The van der Waals surface area contributed by atoms with Crippen LogP contribution >= 0.6 is 11.8 Å². The fourth-order valence-corrected chi connectivity index (χ4v) is 6.25. The average Bonchev–Trinajstić information content (AvgIpc) is 3.18. The van der Waals surface area contributed by atoms with Crippen LogP contribution in [0.5, 0.6) is 0 Å². The van der Waals surface area contributed by atoms with Gasteiger partial charge in [0, 0.05) is 19.3 Å². The SMILES string of the molecule is Cn1c(SCCCN2CCC3(C[C@@H]3c3ccc(C(F)(F)F)cc3)C2)nnc1-c1ccc2[nH]cnc2n1. The van der Waals surface area contributed by atoms with Gasteiger partial charge in [-0.15, -0.1) is 10.2 Å². The van der Waals surface area contributed by atoms with Gasteiger partial charge in [0.05, 0.1) is 17.4 Å². The topological polar surface area (TPSA) is 75.5 Å². The van der Waals surface area contributed by atoms with Crippen molar-refractivity contribution in [2.24, 2.45) is 12.5 Å². The lowest BCUT2D eigenvalue weighted by Gasteiger charge is -2.16. The van der Waals surface area contributed by atoms with Crippen molar-refractivity contribution in [1.82, 2.24) is 34.6 Å². The Morgan fingerprint density at radius 3 is 2.78 bits per heavy atom. The number of nitrogens with zero attached hydrogens (tertiary/aromatic N) is 6. The third-order valence-electron chi connectivity index (χ3n) is 7.49. The molecule has 0 radical (unpaired) electrons. The molecule has 1 aromatic carbocycles. The summed E-state index contributed by atoms with van der Waals surface area (Å²) in [5.74, 6) is 2.03. The predicted molar refractivity (Wildman–Crippen MR) is 132 cm³/mol. The van der Waals surface area contributed by atoms with Crippen LogP contribution in [0.15, 0.2) is 47.9 Å². The van der Waals surface area contributed by atoms with Gasteiger partial charge in [0.1, 0.15) is 5.69 Å². The number of H-pyrrole nitrogens is 1. The van der Waals surface area contributed by atoms with Gasteiger partial charge in [0.2, 0.25) is 0 Å². The summed E-state index contributed by atoms with van der Waals surface area (Å²) >= 11 is 1.69. The number of aromatic amines is 1. The van der Waals surface area contributed by atoms with Crippen molar-refractivity contribution in [2.45, 2.75) is 36.5 Å². The lowest BCUT2D eigenvalue weighted by molar-refractivity contribution is -0.137. The summed E-state index contributed by atoms with van der Waals surface area (Å²) in [4.78, 5) is 14.3. The summed E-state index contributed by atoms with van der Waals surface area (Å²) in [6, 6.07) is 9.62. The summed E-state index contributed by atoms with van der Waals surface area (Å²) in [6.45, 7) is 3.09. The monoisotopic (exact) mass is 513 g/mol. The van der Waals surface area contributed by atoms with E-state index in [2.05, 4.69) is 30.0 Å². The van der Waals surface area contributed by atoms with Gasteiger partial charge in [0.15, 0.2) is 16.6 Å². The molecule has 2 fully saturated rings. The lowest BCUT2D eigenvalue weighted by Crippen LogP contribution is -2.23. The van der Waals surface area contributed by atoms with Crippen molar-refractivity contribution in [3.63, 3.8) is 0 Å². The van der Waals surface area contributed by atoms with Crippen molar-refractivity contribution < 1.29 is 13.2 Å². The molecule has 2 atom stereocenters. The van der Waals surface area contributed by atoms with Crippen molar-refractivity contribution >= 4 is 22.9 Å². The van der Waals surface area contributed by atoms with Crippen molar-refractivity contribution in [2.75, 3.05) is 25.4 Å². The number of hydrogen-bond donors (Lipinski definition) is 1. The van der Waals surface area contributed by atoms with Gasteiger partial charge >= 0.3 is 6.18 Å². The molecule has 2 aliphatic rings. The largest absolute Gasteiger partial charge is 0.416 e. The molecule has 1 aliphatic heterocycles. The number of halogens is 3. The van der Waals surface area contributed by atoms with Crippen LogP contribution in [0.1, 0.15) is 36.3 Å². The minimum Gasteiger partial charge on any atom is -0.343 e. The summed E-state index contributed by atoms with van der Waals surface area (Å²) in [5.41, 5.74) is 3.00. The molecule has 1 saturated carbocycles. The number of aromatic nitrogens is 6. The maximum absolute atomic E-state index is 12.9. The fourth-order valence-electron chi connectivity index (χ4n) is 5.41. The number of benzene rings is 1. The van der Waals surface area contributed by atoms with Crippen LogP contribution in [0.3, 0.4) is 0 Å². The van der Waals surface area contributed by atoms with Crippen LogP contribution in [0, 0.1) is 5.41 Å². The van der Waals surface area contributed by atoms with Crippen LogP contribution in [0.4, 0.5) is 13.2 Å². The van der Waals surface area contributed by atoms with Gasteiger partial charge < -0.3 is 14.5 Å². The molecule has 4 aromatic rings. The number of thioether (sulfide) groups is 1. The second-order valence-electron chi connectivity index (χ2n) is 9.80. The zero-order chi connectivity index (χ0) is 24.9. The Hall–Kier alpha value is -2.92. The number of hydrogen-bond acceptors (Lipinski definition) is 6. The number of alkyl halides is 3. The molecule has 0 amide bonds. The van der Waals surface area contributed by atoms with Crippen LogP contribution in [-0.4, -0.2) is 60.0 Å². The van der Waals surface area contributed by atoms with Gasteiger partial charge in [-0.3, -0.25) is 0 Å². The first-order chi connectivity index (χ1) is 17.3. The van der Waals surface area contributed by atoms with Gasteiger partial charge in [-0.2, -0.15) is 13.2 Å². The van der Waals surface area contributed by atoms with E-state index in [1.54, 1.807) is 30.2 Å². The van der Waals surface area contributed by atoms with Gasteiger partial charge in [-0.1, -0.05) is 23.9 Å². The first kappa shape index (κ1) is 23.5. The minimum absolute atomic E-state index is 0.244. The highest BCUT2D eigenvalue weighted by Crippen LogP contribution is 2.64. The maximum Gasteiger partial charge on any atom is 0.416 e. The number of pyridine rings is 1. The lowest BCUT2D eigenvalue weighted by atomic mass is 9.97. The number of likely N-dealkylation sites (tertiary alicyclic amines) is 1. The molecular formula is C25H26F3N7S. The molecule has 188 valence electrons. The molecule has 6 rings (SSSR count). The Morgan fingerprint density at radius 1 is 1.14 bits per heavy atom. The molecule has 1 saturated heterocycles. The number of imidazole rings is 1. The number of fused-ring (bicyclic) bond motifs is 1. The van der Waals surface area contributed by atoms with E-state index < -0.39 is 11.7 Å². The van der Waals surface area contributed by atoms with E-state index in [1.165, 1.54) is 12.1 Å². The molecule has 7 nitrogen and oxygen atoms in total. The molecule has 11 heteroatoms. The van der Waals surface area contributed by atoms with Crippen LogP contribution in [-0.2, 0) is 13.2 Å². The van der Waals surface area contributed by atoms with Crippen molar-refractivity contribution in [1.29, 1.82) is 0 Å². The second kappa shape index (κ2) is 8.88. The van der Waals surface area contributed by atoms with E-state index in [0.717, 1.165) is 66.6 Å². The van der Waals surface area contributed by atoms with Gasteiger partial charge in [0.25, 0.3) is 0 Å². The Bertz CT molecular complexity index is 1380. The highest BCUT2D eigenvalue weighted by atomic mass is 32.2. The van der Waals surface area contributed by atoms with Crippen LogP contribution in [0.2, 0.25) is 0 Å². The Morgan fingerprint density at radius 2 is 1.97 bits per heavy atom. The van der Waals surface area contributed by atoms with Crippen molar-refractivity contribution in [3.8, 4) is 11.5 Å². The van der Waals surface area contributed by atoms with E-state index >= 15 is 0 Å². The molecule has 1 N–H and O–H groups in total. The average molecular weight is 514 g/mol. The highest BCUT2D eigenvalue weighted by Gasteiger charge is 2.57. The smallest absolute Gasteiger partial charge is 0.343 e. The minimum atomic E-state index is -4.28. The predicted octanol–water partition coefficient (Wildman–Crippen LogP) is 5.13. The molecule has 3 aromatic heterocycles. The molecule has 4 heterocycles. The normalized spacial score (nSPS) is 22.2. The Balaban J connectivity index is 0.990. The van der Waals surface area contributed by atoms with Gasteiger partial charge in [-0.05, 0) is 73.5 Å². The highest BCUT2D eigenvalue weighted by molar-refractivity contribution is 7.99. The third kappa shape index (κ3) is 4.39. The van der Waals surface area contributed by atoms with E-state index in [1.807, 2.05) is 23.7 Å². The summed E-state index contributed by atoms with van der Waals surface area (Å²) in [5, 5.41) is 9.54. The molecule has 1 unspecified atom stereocenters. The molecule has 1 aliphatic carbocycles. The first-order valence-electron chi connectivity index (χ1n) is 12.0. The quantitative estimate of drug-likeness (QED) is 0.273. The second-order valence-corrected chi connectivity index (χ2v) is 10.9. The number of rotatable bonds is 7. The van der Waals surface area contributed by atoms with E-state index in [4.69, 9.17) is 0 Å². The Labute approximate surface area is 210 Å². The third-order valence-corrected chi connectivity index (χ3v) is 8.60. The zero-order valence-corrected chi connectivity index (χ0v) is 20.6. The molecule has 0 bridgehead atoms. The van der Waals surface area contributed by atoms with Crippen molar-refractivity contribution in [3.05, 3.63) is 53.9 Å². The van der Waals surface area contributed by atoms with Crippen LogP contribution in [0.25, 0.3) is 22.7 Å². The Kier molecular flexibility index (Phi) is 5.79. The number of nitrogens with one attached hydrogen (secondary N) is 1. The van der Waals surface area contributed by atoms with E-state index in [0.29, 0.717) is 17.4 Å². The summed E-state index contributed by atoms with van der Waals surface area (Å²) < 4.78 is 40.5. The molecule has 36 heavy (non-hydrogen) atoms. The summed E-state index contributed by atoms with van der Waals surface area (Å²) in [7, 11) is 1.95. The zero-order valence-electron chi connectivity index (χ0n) is 19.8. The summed E-state index contributed by atoms with van der Waals surface area (Å²) in [6.07, 6.45) is 0.570. The first-order valence-corrected chi connectivity index (χ1v) is 13.0. The van der Waals surface area contributed by atoms with E-state index in [9.17, 15) is 13.2 Å². The van der Waals surface area contributed by atoms with Crippen LogP contribution < -0.4 is 0 Å².